The van der Waals surface area contributed by atoms with E-state index in [2.05, 4.69) is 20.6 Å². The first-order valence-corrected chi connectivity index (χ1v) is 15.7. The first kappa shape index (κ1) is 32.7. The zero-order chi connectivity index (χ0) is 32.0. The van der Waals surface area contributed by atoms with Crippen LogP contribution in [-0.4, -0.2) is 75.9 Å². The van der Waals surface area contributed by atoms with Gasteiger partial charge in [-0.1, -0.05) is 31.2 Å². The van der Waals surface area contributed by atoms with Crippen LogP contribution < -0.4 is 19.9 Å². The predicted molar refractivity (Wildman–Crippen MR) is 156 cm³/mol. The topological polar surface area (TPSA) is 209 Å². The molecule has 236 valence electrons. The van der Waals surface area contributed by atoms with Gasteiger partial charge in [0.05, 0.1) is 23.0 Å². The smallest absolute Gasteiger partial charge is 0.326 e. The van der Waals surface area contributed by atoms with Crippen LogP contribution in [0.25, 0.3) is 10.2 Å². The monoisotopic (exact) mass is 650 g/mol. The Morgan fingerprint density at radius 2 is 1.86 bits per heavy atom. The zero-order valence-electron chi connectivity index (χ0n) is 23.7. The number of primary sulfonamides is 1. The molecule has 0 radical (unpaired) electrons. The minimum Gasteiger partial charge on any atom is -0.487 e. The van der Waals surface area contributed by atoms with Crippen LogP contribution in [0.3, 0.4) is 0 Å². The summed E-state index contributed by atoms with van der Waals surface area (Å²) in [5.41, 5.74) is 1.44. The highest BCUT2D eigenvalue weighted by Gasteiger charge is 2.30. The molecule has 44 heavy (non-hydrogen) atoms. The van der Waals surface area contributed by atoms with E-state index in [1.165, 1.54) is 23.0 Å². The van der Waals surface area contributed by atoms with Crippen LogP contribution in [0.15, 0.2) is 53.0 Å². The number of benzene rings is 2. The number of carbonyl (C=O) groups excluding carboxylic acids is 1. The van der Waals surface area contributed by atoms with E-state index in [1.807, 2.05) is 0 Å². The van der Waals surface area contributed by atoms with Crippen molar-refractivity contribution in [2.24, 2.45) is 11.1 Å². The lowest BCUT2D eigenvalue weighted by atomic mass is 10.0. The molecular weight excluding hydrogens is 619 g/mol. The number of nitrogens with zero attached hydrogens (tertiary/aromatic N) is 4. The molecule has 4 rings (SSSR count). The highest BCUT2D eigenvalue weighted by Crippen LogP contribution is 2.28. The van der Waals surface area contributed by atoms with Gasteiger partial charge in [-0.25, -0.2) is 32.4 Å². The largest absolute Gasteiger partial charge is 0.487 e. The Kier molecular flexibility index (Phi) is 10.5. The number of ether oxygens (including phenoxy) is 2. The molecule has 0 aliphatic rings. The summed E-state index contributed by atoms with van der Waals surface area (Å²) in [7, 11) is -3.93. The third-order valence-corrected chi connectivity index (χ3v) is 8.71. The lowest BCUT2D eigenvalue weighted by Crippen LogP contribution is -2.46. The summed E-state index contributed by atoms with van der Waals surface area (Å²) >= 11 is 0.917. The molecule has 2 aromatic carbocycles. The van der Waals surface area contributed by atoms with Gasteiger partial charge in [-0.3, -0.25) is 4.79 Å². The molecule has 14 nitrogen and oxygen atoms in total. The molecule has 0 aliphatic heterocycles. The number of thiazole rings is 1. The van der Waals surface area contributed by atoms with Gasteiger partial charge in [0.15, 0.2) is 0 Å². The van der Waals surface area contributed by atoms with E-state index in [9.17, 15) is 27.5 Å². The molecule has 3 atom stereocenters. The summed E-state index contributed by atoms with van der Waals surface area (Å²) in [6, 6.07) is 8.96. The Labute approximate surface area is 255 Å². The first-order chi connectivity index (χ1) is 20.9. The van der Waals surface area contributed by atoms with E-state index in [-0.39, 0.29) is 23.3 Å². The molecule has 4 aromatic rings. The van der Waals surface area contributed by atoms with Gasteiger partial charge >= 0.3 is 5.97 Å². The van der Waals surface area contributed by atoms with Crippen LogP contribution in [0.5, 0.6) is 11.5 Å². The number of carboxylic acid groups (broad SMARTS) is 1. The van der Waals surface area contributed by atoms with E-state index in [1.54, 1.807) is 44.2 Å². The third kappa shape index (κ3) is 8.25. The van der Waals surface area contributed by atoms with Gasteiger partial charge in [-0.05, 0) is 41.8 Å². The average molecular weight is 651 g/mol. The van der Waals surface area contributed by atoms with Gasteiger partial charge in [0.1, 0.15) is 48.7 Å². The Morgan fingerprint density at radius 3 is 2.48 bits per heavy atom. The van der Waals surface area contributed by atoms with E-state index in [4.69, 9.17) is 19.7 Å². The lowest BCUT2D eigenvalue weighted by Gasteiger charge is -2.23. The molecule has 0 saturated heterocycles. The van der Waals surface area contributed by atoms with E-state index < -0.39 is 53.4 Å². The summed E-state index contributed by atoms with van der Waals surface area (Å²) < 4.78 is 48.8. The highest BCUT2D eigenvalue weighted by atomic mass is 32.2. The van der Waals surface area contributed by atoms with Crippen molar-refractivity contribution >= 4 is 43.5 Å². The summed E-state index contributed by atoms with van der Waals surface area (Å²) in [5.74, 6) is -1.35. The predicted octanol–water partition coefficient (Wildman–Crippen LogP) is 1.83. The number of sulfonamides is 1. The van der Waals surface area contributed by atoms with Crippen LogP contribution in [-0.2, 0) is 32.6 Å². The molecule has 2 heterocycles. The molecule has 0 saturated carbocycles. The number of alkyl halides is 1. The molecule has 2 aromatic heterocycles. The number of aliphatic carboxylic acids is 1. The number of carbonyl (C=O) groups is 2. The van der Waals surface area contributed by atoms with Crippen LogP contribution in [0.2, 0.25) is 0 Å². The molecule has 0 aliphatic carbocycles. The molecule has 17 heteroatoms. The number of hydrogen-bond donors (Lipinski definition) is 4. The van der Waals surface area contributed by atoms with E-state index in [0.29, 0.717) is 33.0 Å². The van der Waals surface area contributed by atoms with E-state index >= 15 is 0 Å². The Balaban J connectivity index is 1.40. The Bertz CT molecular complexity index is 1710. The van der Waals surface area contributed by atoms with Crippen LogP contribution in [0.4, 0.5) is 4.39 Å². The summed E-state index contributed by atoms with van der Waals surface area (Å²) in [5, 5.41) is 34.8. The van der Waals surface area contributed by atoms with Crippen LogP contribution in [0, 0.1) is 5.92 Å². The number of aromatic nitrogens is 4. The average Bonchev–Trinajstić information content (AvgIpc) is 3.62. The number of aliphatic hydroxyl groups is 1. The Morgan fingerprint density at radius 1 is 1.16 bits per heavy atom. The van der Waals surface area contributed by atoms with E-state index in [0.717, 1.165) is 11.3 Å². The van der Waals surface area contributed by atoms with Gasteiger partial charge < -0.3 is 25.0 Å². The van der Waals surface area contributed by atoms with Gasteiger partial charge in [0.2, 0.25) is 10.2 Å². The third-order valence-electron chi connectivity index (χ3n) is 6.37. The number of amides is 1. The lowest BCUT2D eigenvalue weighted by molar-refractivity contribution is -0.142. The summed E-state index contributed by atoms with van der Waals surface area (Å²) in [6.45, 7) is 2.21. The number of nitrogens with two attached hydrogens (primary N) is 1. The minimum absolute atomic E-state index is 0.0133. The summed E-state index contributed by atoms with van der Waals surface area (Å²) in [6.07, 6.45) is 0.503. The van der Waals surface area contributed by atoms with Crippen molar-refractivity contribution in [3.8, 4) is 11.5 Å². The number of rotatable bonds is 15. The fourth-order valence-corrected chi connectivity index (χ4v) is 5.89. The Hall–Kier alpha value is -4.19. The second-order valence-corrected chi connectivity index (χ2v) is 12.9. The van der Waals surface area contributed by atoms with Crippen molar-refractivity contribution in [2.45, 2.75) is 49.4 Å². The standard InChI is InChI=1S/C27H31FN6O8S2/c1-15(2)24(25(36)30-22(26(37)38)9-16-3-5-18(6-4-16)42-20(11-28)13-35)34-12-17(32-33-34)14-41-19-7-8-21-23(10-19)43-27(31-21)44(29,39)40/h3-8,10,12,15,20,22,24,35H,9,11,13-14H2,1-2H3,(H,30,36)(H,37,38)(H2,29,39,40)/t20-,22?,24-/m1/s1. The maximum Gasteiger partial charge on any atom is 0.326 e. The van der Waals surface area contributed by atoms with Crippen molar-refractivity contribution in [1.29, 1.82) is 0 Å². The van der Waals surface area contributed by atoms with Crippen molar-refractivity contribution in [3.63, 3.8) is 0 Å². The van der Waals surface area contributed by atoms with Crippen molar-refractivity contribution in [1.82, 2.24) is 25.3 Å². The SMILES string of the molecule is CC(C)[C@H](C(=O)NC(Cc1ccc(O[C@@H](CO)CF)cc1)C(=O)O)n1cc(COc2ccc3nc(S(N)(=O)=O)sc3c2)nn1. The van der Waals surface area contributed by atoms with Crippen LogP contribution in [0.1, 0.15) is 31.1 Å². The van der Waals surface area contributed by atoms with Gasteiger partial charge in [-0.2, -0.15) is 0 Å². The number of nitrogens with one attached hydrogen (secondary N) is 1. The zero-order valence-corrected chi connectivity index (χ0v) is 25.3. The molecule has 0 spiro atoms. The molecule has 5 N–H and O–H groups in total. The molecule has 0 bridgehead atoms. The fourth-order valence-electron chi connectivity index (χ4n) is 4.20. The quantitative estimate of drug-likeness (QED) is 0.146. The summed E-state index contributed by atoms with van der Waals surface area (Å²) in [4.78, 5) is 29.3. The molecule has 0 fully saturated rings. The van der Waals surface area contributed by atoms with Gasteiger partial charge in [0.25, 0.3) is 10.0 Å². The van der Waals surface area contributed by atoms with Gasteiger partial charge in [-0.15, -0.1) is 16.4 Å². The fraction of sp³-hybridized carbons (Fsp3) is 0.370. The van der Waals surface area contributed by atoms with Crippen molar-refractivity contribution in [2.75, 3.05) is 13.3 Å². The van der Waals surface area contributed by atoms with Gasteiger partial charge in [0, 0.05) is 6.42 Å². The van der Waals surface area contributed by atoms with Crippen molar-refractivity contribution in [3.05, 3.63) is 59.9 Å². The highest BCUT2D eigenvalue weighted by molar-refractivity contribution is 7.91. The molecule has 1 amide bonds. The number of carboxylic acids is 1. The number of aliphatic hydroxyl groups excluding tert-OH is 1. The first-order valence-electron chi connectivity index (χ1n) is 13.3. The minimum atomic E-state index is -3.93. The van der Waals surface area contributed by atoms with Crippen LogP contribution >= 0.6 is 11.3 Å². The normalized spacial score (nSPS) is 13.9. The second-order valence-electron chi connectivity index (χ2n) is 10.1. The maximum absolute atomic E-state index is 13.3. The number of halogens is 1. The second kappa shape index (κ2) is 14.1. The molecular formula is C27H31FN6O8S2. The number of hydrogen-bond acceptors (Lipinski definition) is 11. The van der Waals surface area contributed by atoms with Crippen molar-refractivity contribution < 1.29 is 42.1 Å². The molecule has 1 unspecified atom stereocenters. The maximum atomic E-state index is 13.3. The number of fused-ring (bicyclic) bond motifs is 1.